The minimum atomic E-state index is 0. The minimum Gasteiger partial charge on any atom is -0.243 e. The molecule has 0 saturated carbocycles. The molecule has 0 aromatic rings. The molecule has 0 saturated heterocycles. The van der Waals surface area contributed by atoms with Crippen LogP contribution in [0.4, 0.5) is 0 Å². The molecule has 0 aromatic carbocycles. The van der Waals surface area contributed by atoms with Crippen LogP contribution in [0.1, 0.15) is 13.3 Å². The largest absolute Gasteiger partial charge is 1.00 e. The normalized spacial score (nSPS) is 15.8. The Hall–Kier alpha value is 0.207. The zero-order valence-corrected chi connectivity index (χ0v) is 4.36. The van der Waals surface area contributed by atoms with Crippen molar-refractivity contribution in [2.24, 2.45) is 0 Å². The van der Waals surface area contributed by atoms with Crippen LogP contribution < -0.4 is 18.9 Å². The van der Waals surface area contributed by atoms with Crippen LogP contribution in [0, 0.1) is 6.42 Å². The van der Waals surface area contributed by atoms with E-state index in [-0.39, 0.29) is 18.9 Å². The van der Waals surface area contributed by atoms with Crippen molar-refractivity contribution < 1.29 is 18.9 Å². The van der Waals surface area contributed by atoms with Gasteiger partial charge < -0.3 is 0 Å². The average molecular weight is 74.1 g/mol. The van der Waals surface area contributed by atoms with Crippen LogP contribution in [-0.2, 0) is 0 Å². The fourth-order valence-electron chi connectivity index (χ4n) is 0.354. The summed E-state index contributed by atoms with van der Waals surface area (Å²) in [5.41, 5.74) is 1.50. The Morgan fingerprint density at radius 3 is 2.17 bits per heavy atom. The van der Waals surface area contributed by atoms with E-state index in [2.05, 4.69) is 19.4 Å². The van der Waals surface area contributed by atoms with Gasteiger partial charge in [0, 0.05) is 0 Å². The van der Waals surface area contributed by atoms with Crippen molar-refractivity contribution in [2.75, 3.05) is 0 Å². The van der Waals surface area contributed by atoms with E-state index >= 15 is 0 Å². The summed E-state index contributed by atoms with van der Waals surface area (Å²) in [4.78, 5) is 0. The Morgan fingerprint density at radius 2 is 2.17 bits per heavy atom. The van der Waals surface area contributed by atoms with E-state index in [0.29, 0.717) is 0 Å². The second-order valence-electron chi connectivity index (χ2n) is 1.45. The summed E-state index contributed by atoms with van der Waals surface area (Å²) in [5, 5.41) is 0. The first-order chi connectivity index (χ1) is 2.39. The van der Waals surface area contributed by atoms with Crippen molar-refractivity contribution in [3.8, 4) is 0 Å². The SMILES string of the molecule is CC1=C[CH-]C1.[Li+]. The van der Waals surface area contributed by atoms with Crippen molar-refractivity contribution in [1.82, 2.24) is 0 Å². The predicted molar refractivity (Wildman–Crippen MR) is 22.7 cm³/mol. The third-order valence-corrected chi connectivity index (χ3v) is 0.842. The van der Waals surface area contributed by atoms with Gasteiger partial charge in [-0.1, -0.05) is 0 Å². The monoisotopic (exact) mass is 74.1 g/mol. The van der Waals surface area contributed by atoms with Crippen LogP contribution in [0.2, 0.25) is 0 Å². The number of allylic oxidation sites excluding steroid dienone is 2. The molecule has 0 heterocycles. The van der Waals surface area contributed by atoms with Crippen LogP contribution in [0.3, 0.4) is 0 Å². The maximum absolute atomic E-state index is 2.16. The summed E-state index contributed by atoms with van der Waals surface area (Å²) in [5.74, 6) is 0. The van der Waals surface area contributed by atoms with Gasteiger partial charge >= 0.3 is 18.9 Å². The molecule has 0 aliphatic heterocycles. The van der Waals surface area contributed by atoms with E-state index in [1.54, 1.807) is 0 Å². The molecular formula is C5H7Li. The zero-order valence-electron chi connectivity index (χ0n) is 4.36. The number of hydrogen-bond donors (Lipinski definition) is 0. The Morgan fingerprint density at radius 1 is 1.83 bits per heavy atom. The Bertz CT molecular complexity index is 64.3. The van der Waals surface area contributed by atoms with Gasteiger partial charge in [0.25, 0.3) is 0 Å². The van der Waals surface area contributed by atoms with Gasteiger partial charge in [0.05, 0.1) is 0 Å². The van der Waals surface area contributed by atoms with Crippen LogP contribution in [-0.4, -0.2) is 0 Å². The molecule has 0 radical (unpaired) electrons. The first-order valence-corrected chi connectivity index (χ1v) is 1.88. The molecule has 0 bridgehead atoms. The van der Waals surface area contributed by atoms with Gasteiger partial charge in [-0.05, 0) is 0 Å². The number of hydrogen-bond acceptors (Lipinski definition) is 0. The molecule has 1 aliphatic rings. The molecule has 0 N–H and O–H groups in total. The second kappa shape index (κ2) is 2.39. The van der Waals surface area contributed by atoms with Crippen LogP contribution in [0.5, 0.6) is 0 Å². The standard InChI is InChI=1S/C5H7.Li/c1-5-3-2-4-5;/h2-3H,4H2,1H3;/q-1;+1. The molecular weight excluding hydrogens is 67.0 g/mol. The first kappa shape index (κ1) is 6.21. The van der Waals surface area contributed by atoms with Crippen molar-refractivity contribution in [3.05, 3.63) is 18.1 Å². The van der Waals surface area contributed by atoms with Gasteiger partial charge in [0.2, 0.25) is 0 Å². The fraction of sp³-hybridized carbons (Fsp3) is 0.400. The van der Waals surface area contributed by atoms with E-state index in [1.807, 2.05) is 0 Å². The minimum absolute atomic E-state index is 0. The van der Waals surface area contributed by atoms with Crippen LogP contribution in [0.25, 0.3) is 0 Å². The topological polar surface area (TPSA) is 0 Å². The van der Waals surface area contributed by atoms with Crippen LogP contribution in [0.15, 0.2) is 11.6 Å². The summed E-state index contributed by atoms with van der Waals surface area (Å²) in [7, 11) is 0. The van der Waals surface area contributed by atoms with Gasteiger partial charge in [-0.25, -0.2) is 18.1 Å². The fourth-order valence-corrected chi connectivity index (χ4v) is 0.354. The average Bonchev–Trinajstić information content (AvgIpc) is 1.30. The van der Waals surface area contributed by atoms with E-state index < -0.39 is 0 Å². The van der Waals surface area contributed by atoms with E-state index in [1.165, 1.54) is 12.0 Å². The molecule has 0 nitrogen and oxygen atoms in total. The van der Waals surface area contributed by atoms with Gasteiger partial charge in [-0.3, -0.25) is 0 Å². The Labute approximate surface area is 50.8 Å². The number of rotatable bonds is 0. The maximum atomic E-state index is 2.16. The smallest absolute Gasteiger partial charge is 0.243 e. The third kappa shape index (κ3) is 1.12. The zero-order chi connectivity index (χ0) is 3.70. The molecule has 0 unspecified atom stereocenters. The molecule has 6 heavy (non-hydrogen) atoms. The molecule has 1 heteroatoms. The molecule has 0 amide bonds. The maximum Gasteiger partial charge on any atom is 1.00 e. The van der Waals surface area contributed by atoms with E-state index in [0.717, 1.165) is 0 Å². The summed E-state index contributed by atoms with van der Waals surface area (Å²) < 4.78 is 0. The molecule has 1 rings (SSSR count). The van der Waals surface area contributed by atoms with Crippen molar-refractivity contribution in [2.45, 2.75) is 13.3 Å². The third-order valence-electron chi connectivity index (χ3n) is 0.842. The molecule has 0 atom stereocenters. The van der Waals surface area contributed by atoms with Gasteiger partial charge in [-0.2, -0.15) is 0 Å². The van der Waals surface area contributed by atoms with Gasteiger partial charge in [0.1, 0.15) is 0 Å². The molecule has 0 aromatic heterocycles. The van der Waals surface area contributed by atoms with E-state index in [4.69, 9.17) is 0 Å². The van der Waals surface area contributed by atoms with Gasteiger partial charge in [0.15, 0.2) is 0 Å². The molecule has 0 spiro atoms. The molecule has 28 valence electrons. The quantitative estimate of drug-likeness (QED) is 0.243. The summed E-state index contributed by atoms with van der Waals surface area (Å²) in [6.07, 6.45) is 5.52. The summed E-state index contributed by atoms with van der Waals surface area (Å²) >= 11 is 0. The van der Waals surface area contributed by atoms with Crippen molar-refractivity contribution >= 4 is 0 Å². The summed E-state index contributed by atoms with van der Waals surface area (Å²) in [6, 6.07) is 0. The Kier molecular flexibility index (Phi) is 2.48. The van der Waals surface area contributed by atoms with E-state index in [9.17, 15) is 0 Å². The predicted octanol–water partition coefficient (Wildman–Crippen LogP) is -1.46. The Balaban J connectivity index is 0.000000250. The van der Waals surface area contributed by atoms with Gasteiger partial charge in [-0.15, -0.1) is 13.3 Å². The second-order valence-corrected chi connectivity index (χ2v) is 1.45. The first-order valence-electron chi connectivity index (χ1n) is 1.88. The van der Waals surface area contributed by atoms with Crippen molar-refractivity contribution in [1.29, 1.82) is 0 Å². The van der Waals surface area contributed by atoms with Crippen molar-refractivity contribution in [3.63, 3.8) is 0 Å². The van der Waals surface area contributed by atoms with Crippen LogP contribution >= 0.6 is 0 Å². The summed E-state index contributed by atoms with van der Waals surface area (Å²) in [6.45, 7) is 2.14. The molecule has 0 fully saturated rings. The molecule has 1 aliphatic carbocycles.